The van der Waals surface area contributed by atoms with Gasteiger partial charge >= 0.3 is 5.69 Å². The number of aryl methyl sites for hydroxylation is 1. The molecule has 0 aliphatic carbocycles. The molecule has 3 rings (SSSR count). The summed E-state index contributed by atoms with van der Waals surface area (Å²) in [5, 5.41) is 2.96. The van der Waals surface area contributed by atoms with E-state index in [1.165, 1.54) is 4.57 Å². The number of methoxy groups -OCH3 is 1. The van der Waals surface area contributed by atoms with E-state index < -0.39 is 0 Å². The Kier molecular flexibility index (Phi) is 5.84. The Labute approximate surface area is 164 Å². The summed E-state index contributed by atoms with van der Waals surface area (Å²) in [6.45, 7) is 0.431. The fourth-order valence-electron chi connectivity index (χ4n) is 3.35. The highest BCUT2D eigenvalue weighted by Crippen LogP contribution is 2.20. The molecule has 1 heterocycles. The number of rotatable bonds is 7. The monoisotopic (exact) mass is 382 g/mol. The van der Waals surface area contributed by atoms with Crippen molar-refractivity contribution < 1.29 is 9.53 Å². The van der Waals surface area contributed by atoms with Crippen LogP contribution in [0.1, 0.15) is 11.6 Å². The van der Waals surface area contributed by atoms with Gasteiger partial charge in [-0.05, 0) is 43.9 Å². The van der Waals surface area contributed by atoms with E-state index in [0.29, 0.717) is 6.54 Å². The number of carbonyl (C=O) groups is 1. The van der Waals surface area contributed by atoms with Crippen molar-refractivity contribution in [2.24, 2.45) is 7.05 Å². The zero-order valence-corrected chi connectivity index (χ0v) is 16.7. The number of hydrogen-bond donors (Lipinski definition) is 1. The fraction of sp³-hybridized carbons (Fsp3) is 0.333. The maximum Gasteiger partial charge on any atom is 0.329 e. The number of nitrogens with zero attached hydrogens (tertiary/aromatic N) is 3. The van der Waals surface area contributed by atoms with Crippen LogP contribution in [0, 0.1) is 0 Å². The van der Waals surface area contributed by atoms with Gasteiger partial charge in [-0.1, -0.05) is 24.3 Å². The molecule has 1 aromatic heterocycles. The minimum absolute atomic E-state index is 0.0110. The molecule has 0 saturated carbocycles. The first-order valence-electron chi connectivity index (χ1n) is 9.13. The van der Waals surface area contributed by atoms with Crippen LogP contribution in [0.3, 0.4) is 0 Å². The predicted octanol–water partition coefficient (Wildman–Crippen LogP) is 1.77. The molecule has 0 bridgehead atoms. The molecule has 0 fully saturated rings. The van der Waals surface area contributed by atoms with Crippen molar-refractivity contribution in [1.29, 1.82) is 0 Å². The van der Waals surface area contributed by atoms with Crippen LogP contribution in [-0.2, 0) is 18.4 Å². The summed E-state index contributed by atoms with van der Waals surface area (Å²) in [4.78, 5) is 27.1. The Morgan fingerprint density at radius 2 is 1.75 bits per heavy atom. The fourth-order valence-corrected chi connectivity index (χ4v) is 3.35. The van der Waals surface area contributed by atoms with Crippen LogP contribution < -0.4 is 15.7 Å². The van der Waals surface area contributed by atoms with Gasteiger partial charge in [-0.15, -0.1) is 0 Å². The summed E-state index contributed by atoms with van der Waals surface area (Å²) < 4.78 is 8.27. The summed E-state index contributed by atoms with van der Waals surface area (Å²) in [7, 11) is 7.28. The van der Waals surface area contributed by atoms with Crippen LogP contribution >= 0.6 is 0 Å². The lowest BCUT2D eigenvalue weighted by Gasteiger charge is -2.25. The van der Waals surface area contributed by atoms with Crippen molar-refractivity contribution in [1.82, 2.24) is 19.4 Å². The van der Waals surface area contributed by atoms with E-state index in [1.54, 1.807) is 18.7 Å². The summed E-state index contributed by atoms with van der Waals surface area (Å²) in [5.74, 6) is 0.597. The molecule has 0 aliphatic rings. The number of aromatic nitrogens is 2. The molecule has 1 N–H and O–H groups in total. The summed E-state index contributed by atoms with van der Waals surface area (Å²) in [6, 6.07) is 15.3. The second-order valence-corrected chi connectivity index (χ2v) is 6.97. The minimum Gasteiger partial charge on any atom is -0.497 e. The summed E-state index contributed by atoms with van der Waals surface area (Å²) in [5.41, 5.74) is 2.44. The molecule has 0 spiro atoms. The van der Waals surface area contributed by atoms with Gasteiger partial charge in [-0.25, -0.2) is 4.79 Å². The molecule has 1 amide bonds. The van der Waals surface area contributed by atoms with E-state index in [9.17, 15) is 9.59 Å². The molecule has 2 aromatic carbocycles. The number of carbonyl (C=O) groups excluding carboxylic acids is 1. The number of ether oxygens (including phenoxy) is 1. The van der Waals surface area contributed by atoms with E-state index in [4.69, 9.17) is 4.74 Å². The maximum absolute atomic E-state index is 12.6. The number of nitrogens with one attached hydrogen (secondary N) is 1. The molecule has 148 valence electrons. The lowest BCUT2D eigenvalue weighted by molar-refractivity contribution is -0.121. The molecule has 0 radical (unpaired) electrons. The lowest BCUT2D eigenvalue weighted by atomic mass is 10.1. The third-order valence-corrected chi connectivity index (χ3v) is 4.97. The zero-order valence-electron chi connectivity index (χ0n) is 16.7. The number of imidazole rings is 1. The Hall–Kier alpha value is -3.06. The Morgan fingerprint density at radius 3 is 2.36 bits per heavy atom. The molecular weight excluding hydrogens is 356 g/mol. The largest absolute Gasteiger partial charge is 0.497 e. The highest BCUT2D eigenvalue weighted by molar-refractivity contribution is 5.80. The van der Waals surface area contributed by atoms with Crippen molar-refractivity contribution in [2.75, 3.05) is 27.7 Å². The first-order valence-corrected chi connectivity index (χ1v) is 9.13. The standard InChI is InChI=1S/C21H26N4O3/c1-23(2)19(15-9-11-16(28-4)12-10-15)13-22-20(26)14-25-18-8-6-5-7-17(18)24(3)21(25)27/h5-12,19H,13-14H2,1-4H3,(H,22,26). The Morgan fingerprint density at radius 1 is 1.11 bits per heavy atom. The highest BCUT2D eigenvalue weighted by Gasteiger charge is 2.17. The number of amides is 1. The van der Waals surface area contributed by atoms with Gasteiger partial charge in [-0.2, -0.15) is 0 Å². The molecular formula is C21H26N4O3. The van der Waals surface area contributed by atoms with Crippen molar-refractivity contribution in [2.45, 2.75) is 12.6 Å². The van der Waals surface area contributed by atoms with Gasteiger partial charge < -0.3 is 15.0 Å². The normalized spacial score (nSPS) is 12.3. The van der Waals surface area contributed by atoms with Crippen LogP contribution in [0.25, 0.3) is 11.0 Å². The van der Waals surface area contributed by atoms with E-state index in [2.05, 4.69) is 5.32 Å². The third kappa shape index (κ3) is 3.94. The number of hydrogen-bond acceptors (Lipinski definition) is 4. The topological polar surface area (TPSA) is 68.5 Å². The smallest absolute Gasteiger partial charge is 0.329 e. The van der Waals surface area contributed by atoms with Crippen LogP contribution in [0.2, 0.25) is 0 Å². The van der Waals surface area contributed by atoms with Crippen LogP contribution in [0.5, 0.6) is 5.75 Å². The molecule has 1 unspecified atom stereocenters. The second-order valence-electron chi connectivity index (χ2n) is 6.97. The molecule has 1 atom stereocenters. The van der Waals surface area contributed by atoms with Gasteiger partial charge in [0.2, 0.25) is 5.91 Å². The number of benzene rings is 2. The first-order chi connectivity index (χ1) is 13.4. The zero-order chi connectivity index (χ0) is 20.3. The van der Waals surface area contributed by atoms with E-state index in [-0.39, 0.29) is 24.2 Å². The third-order valence-electron chi connectivity index (χ3n) is 4.97. The summed E-state index contributed by atoms with van der Waals surface area (Å²) in [6.07, 6.45) is 0. The van der Waals surface area contributed by atoms with Gasteiger partial charge in [0.25, 0.3) is 0 Å². The van der Waals surface area contributed by atoms with Crippen molar-refractivity contribution >= 4 is 16.9 Å². The van der Waals surface area contributed by atoms with Crippen LogP contribution in [-0.4, -0.2) is 47.7 Å². The van der Waals surface area contributed by atoms with Crippen molar-refractivity contribution in [3.8, 4) is 5.75 Å². The van der Waals surface area contributed by atoms with E-state index in [1.807, 2.05) is 67.5 Å². The number of para-hydroxylation sites is 2. The van der Waals surface area contributed by atoms with Crippen LogP contribution in [0.15, 0.2) is 53.3 Å². The van der Waals surface area contributed by atoms with Gasteiger partial charge in [0.05, 0.1) is 24.2 Å². The Balaban J connectivity index is 1.72. The Bertz CT molecular complexity index is 1020. The molecule has 0 saturated heterocycles. The van der Waals surface area contributed by atoms with Gasteiger partial charge in [0, 0.05) is 13.6 Å². The number of fused-ring (bicyclic) bond motifs is 1. The lowest BCUT2D eigenvalue weighted by Crippen LogP contribution is -2.37. The SMILES string of the molecule is COc1ccc(C(CNC(=O)Cn2c(=O)n(C)c3ccccc32)N(C)C)cc1. The van der Waals surface area contributed by atoms with E-state index >= 15 is 0 Å². The second kappa shape index (κ2) is 8.31. The average molecular weight is 382 g/mol. The summed E-state index contributed by atoms with van der Waals surface area (Å²) >= 11 is 0. The molecule has 3 aromatic rings. The minimum atomic E-state index is -0.198. The van der Waals surface area contributed by atoms with E-state index in [0.717, 1.165) is 22.3 Å². The van der Waals surface area contributed by atoms with Crippen LogP contribution in [0.4, 0.5) is 0 Å². The quantitative estimate of drug-likeness (QED) is 0.676. The first kappa shape index (κ1) is 19.7. The van der Waals surface area contributed by atoms with Crippen molar-refractivity contribution in [3.63, 3.8) is 0 Å². The molecule has 7 heteroatoms. The molecule has 7 nitrogen and oxygen atoms in total. The van der Waals surface area contributed by atoms with Crippen molar-refractivity contribution in [3.05, 3.63) is 64.6 Å². The average Bonchev–Trinajstić information content (AvgIpc) is 2.93. The van der Waals surface area contributed by atoms with Gasteiger partial charge in [0.15, 0.2) is 0 Å². The van der Waals surface area contributed by atoms with Gasteiger partial charge in [-0.3, -0.25) is 13.9 Å². The van der Waals surface area contributed by atoms with Gasteiger partial charge in [0.1, 0.15) is 12.3 Å². The molecule has 28 heavy (non-hydrogen) atoms. The maximum atomic E-state index is 12.6. The predicted molar refractivity (Wildman–Crippen MR) is 110 cm³/mol. The highest BCUT2D eigenvalue weighted by atomic mass is 16.5. The number of likely N-dealkylation sites (N-methyl/N-ethyl adjacent to an activating group) is 1. The molecule has 0 aliphatic heterocycles.